The molecule has 3 rings (SSSR count). The van der Waals surface area contributed by atoms with Crippen LogP contribution in [0.1, 0.15) is 15.9 Å². The third-order valence-corrected chi connectivity index (χ3v) is 3.27. The normalized spacial score (nSPS) is 10.7. The maximum Gasteiger partial charge on any atom is 0.195 e. The Bertz CT molecular complexity index is 811. The van der Waals surface area contributed by atoms with Gasteiger partial charge in [0.25, 0.3) is 0 Å². The highest BCUT2D eigenvalue weighted by atomic mass is 19.1. The van der Waals surface area contributed by atoms with Gasteiger partial charge < -0.3 is 5.73 Å². The lowest BCUT2D eigenvalue weighted by atomic mass is 9.99. The first-order chi connectivity index (χ1) is 9.65. The van der Waals surface area contributed by atoms with Gasteiger partial charge in [0.2, 0.25) is 0 Å². The van der Waals surface area contributed by atoms with E-state index in [1.54, 1.807) is 48.5 Å². The summed E-state index contributed by atoms with van der Waals surface area (Å²) in [5, 5.41) is 1.59. The highest BCUT2D eigenvalue weighted by Crippen LogP contribution is 2.21. The lowest BCUT2D eigenvalue weighted by molar-refractivity contribution is 0.103. The molecule has 0 heterocycles. The summed E-state index contributed by atoms with van der Waals surface area (Å²) in [5.74, 6) is -0.476. The molecule has 0 aliphatic carbocycles. The number of nitrogen functional groups attached to an aromatic ring is 1. The lowest BCUT2D eigenvalue weighted by Crippen LogP contribution is -2.05. The molecule has 0 aromatic heterocycles. The number of rotatable bonds is 2. The van der Waals surface area contributed by atoms with Crippen molar-refractivity contribution in [3.8, 4) is 0 Å². The average Bonchev–Trinajstić information content (AvgIpc) is 2.46. The third kappa shape index (κ3) is 2.14. The Morgan fingerprint density at radius 3 is 2.45 bits per heavy atom. The minimum atomic E-state index is -0.318. The molecule has 2 nitrogen and oxygen atoms in total. The number of benzene rings is 3. The maximum absolute atomic E-state index is 13.3. The summed E-state index contributed by atoms with van der Waals surface area (Å²) >= 11 is 0. The Morgan fingerprint density at radius 2 is 1.65 bits per heavy atom. The van der Waals surface area contributed by atoms with Crippen LogP contribution in [0.25, 0.3) is 10.8 Å². The standard InChI is InChI=1S/C17H12FNO/c18-14-8-7-11-5-6-12(9-13(11)10-14)17(20)15-3-1-2-4-16(15)19/h1-10H,19H2. The van der Waals surface area contributed by atoms with E-state index >= 15 is 0 Å². The minimum Gasteiger partial charge on any atom is -0.398 e. The Hall–Kier alpha value is -2.68. The quantitative estimate of drug-likeness (QED) is 0.566. The van der Waals surface area contributed by atoms with Gasteiger partial charge in [0.15, 0.2) is 5.78 Å². The zero-order valence-electron chi connectivity index (χ0n) is 10.6. The van der Waals surface area contributed by atoms with Crippen LogP contribution in [0.15, 0.2) is 60.7 Å². The van der Waals surface area contributed by atoms with Crippen molar-refractivity contribution < 1.29 is 9.18 Å². The fourth-order valence-electron chi connectivity index (χ4n) is 2.22. The molecular weight excluding hydrogens is 253 g/mol. The van der Waals surface area contributed by atoms with Gasteiger partial charge in [0, 0.05) is 16.8 Å². The molecule has 0 unspecified atom stereocenters. The molecule has 0 spiro atoms. The number of ketones is 1. The Labute approximate surface area is 115 Å². The van der Waals surface area contributed by atoms with Crippen molar-refractivity contribution in [2.75, 3.05) is 5.73 Å². The van der Waals surface area contributed by atoms with Gasteiger partial charge in [0.05, 0.1) is 0 Å². The van der Waals surface area contributed by atoms with Crippen LogP contribution in [0.2, 0.25) is 0 Å². The largest absolute Gasteiger partial charge is 0.398 e. The summed E-state index contributed by atoms with van der Waals surface area (Å²) < 4.78 is 13.3. The third-order valence-electron chi connectivity index (χ3n) is 3.27. The molecule has 3 heteroatoms. The molecule has 3 aromatic carbocycles. The van der Waals surface area contributed by atoms with Crippen LogP contribution >= 0.6 is 0 Å². The molecule has 0 bridgehead atoms. The lowest BCUT2D eigenvalue weighted by Gasteiger charge is -2.06. The van der Waals surface area contributed by atoms with E-state index in [0.29, 0.717) is 22.2 Å². The average molecular weight is 265 g/mol. The highest BCUT2D eigenvalue weighted by molar-refractivity contribution is 6.13. The number of carbonyl (C=O) groups is 1. The number of hydrogen-bond acceptors (Lipinski definition) is 2. The summed E-state index contributed by atoms with van der Waals surface area (Å²) in [6, 6.07) is 16.7. The fraction of sp³-hybridized carbons (Fsp3) is 0. The van der Waals surface area contributed by atoms with Crippen LogP contribution in [0.3, 0.4) is 0 Å². The second-order valence-corrected chi connectivity index (χ2v) is 4.62. The van der Waals surface area contributed by atoms with Crippen LogP contribution in [0.5, 0.6) is 0 Å². The van der Waals surface area contributed by atoms with E-state index in [2.05, 4.69) is 0 Å². The van der Waals surface area contributed by atoms with Crippen LogP contribution < -0.4 is 5.73 Å². The van der Waals surface area contributed by atoms with Gasteiger partial charge in [-0.25, -0.2) is 4.39 Å². The van der Waals surface area contributed by atoms with E-state index in [4.69, 9.17) is 5.73 Å². The molecule has 0 aliphatic rings. The fourth-order valence-corrected chi connectivity index (χ4v) is 2.22. The zero-order valence-corrected chi connectivity index (χ0v) is 10.6. The Balaban J connectivity index is 2.10. The second kappa shape index (κ2) is 4.78. The van der Waals surface area contributed by atoms with E-state index < -0.39 is 0 Å². The summed E-state index contributed by atoms with van der Waals surface area (Å²) in [7, 11) is 0. The Kier molecular flexibility index (Phi) is 2.95. The molecule has 2 N–H and O–H groups in total. The number of hydrogen-bond donors (Lipinski definition) is 1. The Morgan fingerprint density at radius 1 is 0.900 bits per heavy atom. The van der Waals surface area contributed by atoms with Crippen molar-refractivity contribution in [3.63, 3.8) is 0 Å². The van der Waals surface area contributed by atoms with E-state index in [0.717, 1.165) is 5.39 Å². The predicted molar refractivity (Wildman–Crippen MR) is 78.2 cm³/mol. The summed E-state index contributed by atoms with van der Waals surface area (Å²) in [6.45, 7) is 0. The van der Waals surface area contributed by atoms with Crippen molar-refractivity contribution in [2.24, 2.45) is 0 Å². The molecule has 98 valence electrons. The van der Waals surface area contributed by atoms with Crippen LogP contribution in [-0.2, 0) is 0 Å². The van der Waals surface area contributed by atoms with Gasteiger partial charge in [0.1, 0.15) is 5.82 Å². The molecule has 0 atom stereocenters. The number of anilines is 1. The molecule has 0 amide bonds. The monoisotopic (exact) mass is 265 g/mol. The number of carbonyl (C=O) groups excluding carboxylic acids is 1. The first kappa shape index (κ1) is 12.4. The van der Waals surface area contributed by atoms with E-state index in [-0.39, 0.29) is 11.6 Å². The number of para-hydroxylation sites is 1. The minimum absolute atomic E-state index is 0.158. The van der Waals surface area contributed by atoms with E-state index in [1.807, 2.05) is 0 Å². The van der Waals surface area contributed by atoms with Gasteiger partial charge in [-0.15, -0.1) is 0 Å². The van der Waals surface area contributed by atoms with Gasteiger partial charge in [-0.3, -0.25) is 4.79 Å². The molecule has 3 aromatic rings. The topological polar surface area (TPSA) is 43.1 Å². The molecule has 0 saturated carbocycles. The summed E-state index contributed by atoms with van der Waals surface area (Å²) in [4.78, 5) is 12.4. The van der Waals surface area contributed by atoms with E-state index in [1.165, 1.54) is 12.1 Å². The predicted octanol–water partition coefficient (Wildman–Crippen LogP) is 3.79. The van der Waals surface area contributed by atoms with Gasteiger partial charge >= 0.3 is 0 Å². The molecular formula is C17H12FNO. The molecule has 0 saturated heterocycles. The highest BCUT2D eigenvalue weighted by Gasteiger charge is 2.12. The smallest absolute Gasteiger partial charge is 0.195 e. The van der Waals surface area contributed by atoms with Gasteiger partial charge in [-0.2, -0.15) is 0 Å². The maximum atomic E-state index is 13.3. The molecule has 0 fully saturated rings. The van der Waals surface area contributed by atoms with Crippen molar-refractivity contribution in [2.45, 2.75) is 0 Å². The van der Waals surface area contributed by atoms with Crippen molar-refractivity contribution in [1.29, 1.82) is 0 Å². The first-order valence-electron chi connectivity index (χ1n) is 6.24. The number of nitrogens with two attached hydrogens (primary N) is 1. The summed E-state index contributed by atoms with van der Waals surface area (Å²) in [5.41, 5.74) is 7.22. The number of halogens is 1. The zero-order chi connectivity index (χ0) is 14.1. The molecule has 20 heavy (non-hydrogen) atoms. The van der Waals surface area contributed by atoms with Crippen molar-refractivity contribution in [3.05, 3.63) is 77.6 Å². The summed E-state index contributed by atoms with van der Waals surface area (Å²) in [6.07, 6.45) is 0. The second-order valence-electron chi connectivity index (χ2n) is 4.62. The SMILES string of the molecule is Nc1ccccc1C(=O)c1ccc2ccc(F)cc2c1. The van der Waals surface area contributed by atoms with Crippen molar-refractivity contribution in [1.82, 2.24) is 0 Å². The van der Waals surface area contributed by atoms with Gasteiger partial charge in [-0.05, 0) is 41.1 Å². The number of fused-ring (bicyclic) bond motifs is 1. The first-order valence-corrected chi connectivity index (χ1v) is 6.24. The van der Waals surface area contributed by atoms with E-state index in [9.17, 15) is 9.18 Å². The van der Waals surface area contributed by atoms with Crippen molar-refractivity contribution >= 4 is 22.2 Å². The van der Waals surface area contributed by atoms with Gasteiger partial charge in [-0.1, -0.05) is 30.3 Å². The van der Waals surface area contributed by atoms with Crippen LogP contribution in [0.4, 0.5) is 10.1 Å². The van der Waals surface area contributed by atoms with Crippen LogP contribution in [-0.4, -0.2) is 5.78 Å². The van der Waals surface area contributed by atoms with Crippen LogP contribution in [0, 0.1) is 5.82 Å². The molecule has 0 aliphatic heterocycles. The molecule has 0 radical (unpaired) electrons.